The van der Waals surface area contributed by atoms with Gasteiger partial charge in [-0.25, -0.2) is 0 Å². The van der Waals surface area contributed by atoms with Gasteiger partial charge in [-0.05, 0) is 44.8 Å². The predicted molar refractivity (Wildman–Crippen MR) is 112 cm³/mol. The average Bonchev–Trinajstić information content (AvgIpc) is 2.70. The van der Waals surface area contributed by atoms with Crippen molar-refractivity contribution in [2.75, 3.05) is 39.0 Å². The molecule has 7 nitrogen and oxygen atoms in total. The summed E-state index contributed by atoms with van der Waals surface area (Å²) in [6, 6.07) is 9.26. The maximum atomic E-state index is 12.5. The Morgan fingerprint density at radius 1 is 1.24 bits per heavy atom. The molecule has 0 saturated carbocycles. The Balaban J connectivity index is 1.56. The molecule has 0 spiro atoms. The molecule has 0 atom stereocenters. The third-order valence-electron chi connectivity index (χ3n) is 4.86. The Hall–Kier alpha value is -2.93. The van der Waals surface area contributed by atoms with Crippen LogP contribution in [0.25, 0.3) is 0 Å². The van der Waals surface area contributed by atoms with Gasteiger partial charge in [0.1, 0.15) is 11.9 Å². The number of aromatic nitrogens is 1. The third-order valence-corrected chi connectivity index (χ3v) is 4.86. The van der Waals surface area contributed by atoms with Crippen molar-refractivity contribution in [3.05, 3.63) is 53.9 Å². The smallest absolute Gasteiger partial charge is 0.255 e. The van der Waals surface area contributed by atoms with Gasteiger partial charge < -0.3 is 19.9 Å². The van der Waals surface area contributed by atoms with E-state index in [-0.39, 0.29) is 17.9 Å². The number of carbonyl (C=O) groups is 2. The zero-order valence-corrected chi connectivity index (χ0v) is 17.2. The van der Waals surface area contributed by atoms with E-state index in [1.165, 1.54) is 0 Å². The molecule has 0 unspecified atom stereocenters. The Bertz CT molecular complexity index is 846. The highest BCUT2D eigenvalue weighted by Gasteiger charge is 2.25. The number of benzene rings is 1. The lowest BCUT2D eigenvalue weighted by Gasteiger charge is -2.32. The van der Waals surface area contributed by atoms with Crippen molar-refractivity contribution in [1.82, 2.24) is 14.8 Å². The van der Waals surface area contributed by atoms with Gasteiger partial charge in [0, 0.05) is 50.1 Å². The predicted octanol–water partition coefficient (Wildman–Crippen LogP) is 2.57. The van der Waals surface area contributed by atoms with Gasteiger partial charge in [0.2, 0.25) is 5.91 Å². The molecule has 1 aromatic heterocycles. The van der Waals surface area contributed by atoms with Crippen LogP contribution in [0.4, 0.5) is 5.69 Å². The fourth-order valence-electron chi connectivity index (χ4n) is 3.32. The summed E-state index contributed by atoms with van der Waals surface area (Å²) in [7, 11) is 3.71. The summed E-state index contributed by atoms with van der Waals surface area (Å²) in [5.74, 6) is 0.718. The van der Waals surface area contributed by atoms with Crippen LogP contribution in [0.3, 0.4) is 0 Å². The minimum atomic E-state index is -0.0629. The van der Waals surface area contributed by atoms with Crippen LogP contribution in [0.15, 0.2) is 42.7 Å². The maximum absolute atomic E-state index is 12.5. The van der Waals surface area contributed by atoms with Gasteiger partial charge >= 0.3 is 0 Å². The van der Waals surface area contributed by atoms with E-state index in [0.717, 1.165) is 29.8 Å². The molecule has 0 radical (unpaired) electrons. The fourth-order valence-corrected chi connectivity index (χ4v) is 3.32. The number of carbonyl (C=O) groups excluding carboxylic acids is 2. The van der Waals surface area contributed by atoms with E-state index < -0.39 is 0 Å². The number of likely N-dealkylation sites (N-methyl/N-ethyl adjacent to an activating group) is 1. The SMILES string of the molecule is Cc1ccc(NC(=O)CN(C)C)cc1OC1CCN(C(=O)c2cccnc2)CC1. The Morgan fingerprint density at radius 3 is 2.66 bits per heavy atom. The molecule has 29 heavy (non-hydrogen) atoms. The summed E-state index contributed by atoms with van der Waals surface area (Å²) in [5, 5.41) is 2.90. The number of ether oxygens (including phenoxy) is 1. The van der Waals surface area contributed by atoms with Gasteiger partial charge in [0.05, 0.1) is 12.1 Å². The number of aryl methyl sites for hydroxylation is 1. The zero-order valence-electron chi connectivity index (χ0n) is 17.2. The van der Waals surface area contributed by atoms with Gasteiger partial charge in [-0.1, -0.05) is 6.07 Å². The number of nitrogens with one attached hydrogen (secondary N) is 1. The van der Waals surface area contributed by atoms with Crippen LogP contribution < -0.4 is 10.1 Å². The number of nitrogens with zero attached hydrogens (tertiary/aromatic N) is 3. The number of piperidine rings is 1. The first-order valence-electron chi connectivity index (χ1n) is 9.83. The Morgan fingerprint density at radius 2 is 2.00 bits per heavy atom. The first-order valence-corrected chi connectivity index (χ1v) is 9.83. The molecule has 1 N–H and O–H groups in total. The number of pyridine rings is 1. The van der Waals surface area contributed by atoms with Crippen molar-refractivity contribution in [3.63, 3.8) is 0 Å². The first kappa shape index (κ1) is 20.8. The summed E-state index contributed by atoms with van der Waals surface area (Å²) in [5.41, 5.74) is 2.36. The number of anilines is 1. The molecule has 2 heterocycles. The first-order chi connectivity index (χ1) is 13.9. The van der Waals surface area contributed by atoms with Crippen LogP contribution in [0.5, 0.6) is 5.75 Å². The number of hydrogen-bond acceptors (Lipinski definition) is 5. The number of likely N-dealkylation sites (tertiary alicyclic amines) is 1. The van der Waals surface area contributed by atoms with Crippen LogP contribution in [0, 0.1) is 6.92 Å². The van der Waals surface area contributed by atoms with Crippen molar-refractivity contribution in [2.45, 2.75) is 25.9 Å². The molecule has 154 valence electrons. The summed E-state index contributed by atoms with van der Waals surface area (Å²) in [6.07, 6.45) is 4.84. The van der Waals surface area contributed by atoms with E-state index in [1.54, 1.807) is 24.5 Å². The van der Waals surface area contributed by atoms with Crippen LogP contribution in [0.1, 0.15) is 28.8 Å². The van der Waals surface area contributed by atoms with E-state index in [4.69, 9.17) is 4.74 Å². The number of amides is 2. The molecular formula is C22H28N4O3. The minimum Gasteiger partial charge on any atom is -0.490 e. The van der Waals surface area contributed by atoms with Gasteiger partial charge in [0.25, 0.3) is 5.91 Å². The Labute approximate surface area is 171 Å². The molecule has 7 heteroatoms. The van der Waals surface area contributed by atoms with E-state index >= 15 is 0 Å². The maximum Gasteiger partial charge on any atom is 0.255 e. The van der Waals surface area contributed by atoms with Crippen molar-refractivity contribution >= 4 is 17.5 Å². The minimum absolute atomic E-state index is 0.0123. The molecule has 1 aliphatic heterocycles. The second-order valence-electron chi connectivity index (χ2n) is 7.62. The second-order valence-corrected chi connectivity index (χ2v) is 7.62. The molecule has 1 aliphatic rings. The lowest BCUT2D eigenvalue weighted by atomic mass is 10.1. The van der Waals surface area contributed by atoms with Crippen molar-refractivity contribution in [2.24, 2.45) is 0 Å². The summed E-state index contributed by atoms with van der Waals surface area (Å²) < 4.78 is 6.21. The molecule has 3 rings (SSSR count). The van der Waals surface area contributed by atoms with Gasteiger partial charge in [0.15, 0.2) is 0 Å². The van der Waals surface area contributed by atoms with Gasteiger partial charge in [-0.2, -0.15) is 0 Å². The molecule has 0 aliphatic carbocycles. The van der Waals surface area contributed by atoms with Crippen molar-refractivity contribution in [1.29, 1.82) is 0 Å². The second kappa shape index (κ2) is 9.52. The number of rotatable bonds is 6. The average molecular weight is 396 g/mol. The van der Waals surface area contributed by atoms with E-state index in [2.05, 4.69) is 10.3 Å². The largest absolute Gasteiger partial charge is 0.490 e. The molecule has 2 aromatic rings. The normalized spacial score (nSPS) is 14.7. The molecular weight excluding hydrogens is 368 g/mol. The Kier molecular flexibility index (Phi) is 6.82. The number of hydrogen-bond donors (Lipinski definition) is 1. The molecule has 0 bridgehead atoms. The summed E-state index contributed by atoms with van der Waals surface area (Å²) >= 11 is 0. The van der Waals surface area contributed by atoms with E-state index in [1.807, 2.05) is 49.0 Å². The van der Waals surface area contributed by atoms with Gasteiger partial charge in [-0.15, -0.1) is 0 Å². The molecule has 1 aromatic carbocycles. The third kappa shape index (κ3) is 5.77. The zero-order chi connectivity index (χ0) is 20.8. The lowest BCUT2D eigenvalue weighted by molar-refractivity contribution is -0.116. The van der Waals surface area contributed by atoms with E-state index in [9.17, 15) is 9.59 Å². The van der Waals surface area contributed by atoms with Crippen LogP contribution in [-0.2, 0) is 4.79 Å². The monoisotopic (exact) mass is 396 g/mol. The van der Waals surface area contributed by atoms with Crippen molar-refractivity contribution in [3.8, 4) is 5.75 Å². The topological polar surface area (TPSA) is 74.8 Å². The van der Waals surface area contributed by atoms with E-state index in [0.29, 0.717) is 25.2 Å². The van der Waals surface area contributed by atoms with Crippen molar-refractivity contribution < 1.29 is 14.3 Å². The van der Waals surface area contributed by atoms with Crippen LogP contribution >= 0.6 is 0 Å². The molecule has 1 fully saturated rings. The molecule has 1 saturated heterocycles. The van der Waals surface area contributed by atoms with Crippen LogP contribution in [-0.4, -0.2) is 66.4 Å². The lowest BCUT2D eigenvalue weighted by Crippen LogP contribution is -2.41. The quantitative estimate of drug-likeness (QED) is 0.812. The fraction of sp³-hybridized carbons (Fsp3) is 0.409. The highest BCUT2D eigenvalue weighted by Crippen LogP contribution is 2.26. The highest BCUT2D eigenvalue weighted by atomic mass is 16.5. The molecule has 2 amide bonds. The van der Waals surface area contributed by atoms with Crippen LogP contribution in [0.2, 0.25) is 0 Å². The standard InChI is InChI=1S/C22H28N4O3/c1-16-6-7-18(24-21(27)15-25(2)3)13-20(16)29-19-8-11-26(12-9-19)22(28)17-5-4-10-23-14-17/h4-7,10,13-14,19H,8-9,11-12,15H2,1-3H3,(H,24,27). The summed E-state index contributed by atoms with van der Waals surface area (Å²) in [6.45, 7) is 3.61. The summed E-state index contributed by atoms with van der Waals surface area (Å²) in [4.78, 5) is 32.2. The highest BCUT2D eigenvalue weighted by molar-refractivity contribution is 5.94. The van der Waals surface area contributed by atoms with Gasteiger partial charge in [-0.3, -0.25) is 14.6 Å².